The Morgan fingerprint density at radius 2 is 2.32 bits per heavy atom. The van der Waals surface area contributed by atoms with Crippen molar-refractivity contribution in [3.63, 3.8) is 0 Å². The third kappa shape index (κ3) is 5.20. The number of H-pyrrole nitrogens is 1. The molecule has 2 N–H and O–H groups in total. The number of aromatic nitrogens is 2. The summed E-state index contributed by atoms with van der Waals surface area (Å²) in [6.07, 6.45) is 5.69. The van der Waals surface area contributed by atoms with Gasteiger partial charge >= 0.3 is 0 Å². The summed E-state index contributed by atoms with van der Waals surface area (Å²) < 4.78 is 10.4. The molecule has 2 aromatic rings. The van der Waals surface area contributed by atoms with Gasteiger partial charge in [-0.25, -0.2) is 4.98 Å². The standard InChI is InChI=1S/C21H25N3O4/c1-3-9-28-14-16(25)12-24-8-7-19-18(13-24)21(26)23-20(22-19)11-15-5-4-6-17(10-15)27-2/h1,4-6,10,16,25H,7-9,11-14H2,2H3,(H,22,23,26)/t16-/m1/s1. The lowest BCUT2D eigenvalue weighted by Gasteiger charge is -2.29. The number of nitrogens with zero attached hydrogens (tertiary/aromatic N) is 2. The molecular formula is C21H25N3O4. The maximum Gasteiger partial charge on any atom is 0.255 e. The number of aliphatic hydroxyl groups is 1. The van der Waals surface area contributed by atoms with E-state index in [0.717, 1.165) is 23.6 Å². The third-order valence-electron chi connectivity index (χ3n) is 4.67. The van der Waals surface area contributed by atoms with Gasteiger partial charge in [0.25, 0.3) is 5.56 Å². The van der Waals surface area contributed by atoms with Gasteiger partial charge in [0.2, 0.25) is 0 Å². The van der Waals surface area contributed by atoms with E-state index >= 15 is 0 Å². The number of aromatic amines is 1. The van der Waals surface area contributed by atoms with Crippen molar-refractivity contribution in [3.8, 4) is 18.1 Å². The van der Waals surface area contributed by atoms with Gasteiger partial charge in [-0.1, -0.05) is 18.1 Å². The Morgan fingerprint density at radius 1 is 1.46 bits per heavy atom. The number of fused-ring (bicyclic) bond motifs is 1. The highest BCUT2D eigenvalue weighted by atomic mass is 16.5. The molecule has 7 heteroatoms. The second-order valence-corrected chi connectivity index (χ2v) is 6.82. The summed E-state index contributed by atoms with van der Waals surface area (Å²) in [5.74, 6) is 3.79. The third-order valence-corrected chi connectivity index (χ3v) is 4.67. The monoisotopic (exact) mass is 383 g/mol. The summed E-state index contributed by atoms with van der Waals surface area (Å²) in [5.41, 5.74) is 2.40. The topological polar surface area (TPSA) is 87.7 Å². The molecule has 0 aliphatic carbocycles. The number of terminal acetylenes is 1. The molecule has 3 rings (SSSR count). The van der Waals surface area contributed by atoms with Crippen LogP contribution in [0.2, 0.25) is 0 Å². The predicted molar refractivity (Wildman–Crippen MR) is 105 cm³/mol. The van der Waals surface area contributed by atoms with Gasteiger partial charge in [-0.15, -0.1) is 6.42 Å². The first-order valence-corrected chi connectivity index (χ1v) is 9.24. The second kappa shape index (κ2) is 9.51. The van der Waals surface area contributed by atoms with Crippen molar-refractivity contribution in [1.82, 2.24) is 14.9 Å². The lowest BCUT2D eigenvalue weighted by Crippen LogP contribution is -2.41. The zero-order valence-corrected chi connectivity index (χ0v) is 16.0. The zero-order valence-electron chi connectivity index (χ0n) is 16.0. The van der Waals surface area contributed by atoms with Crippen molar-refractivity contribution in [1.29, 1.82) is 0 Å². The molecule has 7 nitrogen and oxygen atoms in total. The molecule has 2 heterocycles. The van der Waals surface area contributed by atoms with Crippen LogP contribution in [-0.2, 0) is 24.1 Å². The molecule has 0 radical (unpaired) electrons. The normalized spacial score (nSPS) is 14.9. The molecule has 1 aromatic carbocycles. The maximum atomic E-state index is 12.6. The molecule has 1 atom stereocenters. The second-order valence-electron chi connectivity index (χ2n) is 6.82. The summed E-state index contributed by atoms with van der Waals surface area (Å²) in [7, 11) is 1.63. The summed E-state index contributed by atoms with van der Waals surface area (Å²) in [5, 5.41) is 10.0. The molecule has 0 saturated carbocycles. The van der Waals surface area contributed by atoms with Gasteiger partial charge in [0.15, 0.2) is 0 Å². The number of methoxy groups -OCH3 is 1. The number of hydrogen-bond acceptors (Lipinski definition) is 6. The molecule has 0 unspecified atom stereocenters. The van der Waals surface area contributed by atoms with Gasteiger partial charge in [0.1, 0.15) is 18.2 Å². The number of β-amino-alcohol motifs (C(OH)–C–C–N with tert-alkyl or cyclic N) is 1. The Hall–Kier alpha value is -2.66. The summed E-state index contributed by atoms with van der Waals surface area (Å²) in [6, 6.07) is 7.71. The number of benzene rings is 1. The van der Waals surface area contributed by atoms with Gasteiger partial charge in [0, 0.05) is 32.5 Å². The lowest BCUT2D eigenvalue weighted by atomic mass is 10.1. The van der Waals surface area contributed by atoms with Crippen LogP contribution in [0.5, 0.6) is 5.75 Å². The molecule has 0 bridgehead atoms. The largest absolute Gasteiger partial charge is 0.497 e. The Labute approximate surface area is 164 Å². The quantitative estimate of drug-likeness (QED) is 0.516. The van der Waals surface area contributed by atoms with Gasteiger partial charge in [0.05, 0.1) is 31.1 Å². The van der Waals surface area contributed by atoms with Crippen LogP contribution in [0.25, 0.3) is 0 Å². The Morgan fingerprint density at radius 3 is 3.11 bits per heavy atom. The van der Waals surface area contributed by atoms with Crippen LogP contribution >= 0.6 is 0 Å². The van der Waals surface area contributed by atoms with Gasteiger partial charge < -0.3 is 19.6 Å². The minimum Gasteiger partial charge on any atom is -0.497 e. The van der Waals surface area contributed by atoms with Crippen molar-refractivity contribution >= 4 is 0 Å². The van der Waals surface area contributed by atoms with E-state index in [0.29, 0.717) is 37.3 Å². The Bertz CT molecular complexity index is 903. The fraction of sp³-hybridized carbons (Fsp3) is 0.429. The van der Waals surface area contributed by atoms with Crippen molar-refractivity contribution in [2.45, 2.75) is 25.5 Å². The van der Waals surface area contributed by atoms with Crippen molar-refractivity contribution in [2.75, 3.05) is 33.4 Å². The minimum absolute atomic E-state index is 0.120. The molecule has 0 fully saturated rings. The van der Waals surface area contributed by atoms with Crippen LogP contribution in [0.1, 0.15) is 22.6 Å². The molecular weight excluding hydrogens is 358 g/mol. The van der Waals surface area contributed by atoms with E-state index in [9.17, 15) is 9.90 Å². The average Bonchev–Trinajstić information content (AvgIpc) is 2.69. The maximum absolute atomic E-state index is 12.6. The van der Waals surface area contributed by atoms with E-state index in [4.69, 9.17) is 15.9 Å². The highest BCUT2D eigenvalue weighted by Crippen LogP contribution is 2.17. The highest BCUT2D eigenvalue weighted by Gasteiger charge is 2.23. The Kier molecular flexibility index (Phi) is 6.82. The van der Waals surface area contributed by atoms with Gasteiger partial charge in [-0.2, -0.15) is 0 Å². The first kappa shape index (κ1) is 20.1. The van der Waals surface area contributed by atoms with Crippen LogP contribution < -0.4 is 10.3 Å². The zero-order chi connectivity index (χ0) is 19.9. The lowest BCUT2D eigenvalue weighted by molar-refractivity contribution is 0.0248. The van der Waals surface area contributed by atoms with E-state index < -0.39 is 6.10 Å². The Balaban J connectivity index is 1.66. The fourth-order valence-electron chi connectivity index (χ4n) is 3.35. The molecule has 0 saturated heterocycles. The molecule has 0 amide bonds. The molecule has 1 aliphatic heterocycles. The number of nitrogens with one attached hydrogen (secondary N) is 1. The van der Waals surface area contributed by atoms with Crippen LogP contribution in [0.3, 0.4) is 0 Å². The summed E-state index contributed by atoms with van der Waals surface area (Å²) in [4.78, 5) is 22.2. The summed E-state index contributed by atoms with van der Waals surface area (Å²) in [6.45, 7) is 1.98. The van der Waals surface area contributed by atoms with Crippen LogP contribution in [-0.4, -0.2) is 59.5 Å². The van der Waals surface area contributed by atoms with Gasteiger partial charge in [-0.05, 0) is 17.7 Å². The number of ether oxygens (including phenoxy) is 2. The number of aliphatic hydroxyl groups excluding tert-OH is 1. The fourth-order valence-corrected chi connectivity index (χ4v) is 3.35. The van der Waals surface area contributed by atoms with E-state index in [1.54, 1.807) is 7.11 Å². The smallest absolute Gasteiger partial charge is 0.255 e. The van der Waals surface area contributed by atoms with E-state index in [1.165, 1.54) is 0 Å². The van der Waals surface area contributed by atoms with E-state index in [-0.39, 0.29) is 18.8 Å². The molecule has 1 aliphatic rings. The number of hydrogen-bond donors (Lipinski definition) is 2. The van der Waals surface area contributed by atoms with Crippen LogP contribution in [0, 0.1) is 12.3 Å². The highest BCUT2D eigenvalue weighted by molar-refractivity contribution is 5.31. The van der Waals surface area contributed by atoms with Crippen LogP contribution in [0.4, 0.5) is 0 Å². The van der Waals surface area contributed by atoms with Gasteiger partial charge in [-0.3, -0.25) is 9.69 Å². The summed E-state index contributed by atoms with van der Waals surface area (Å²) >= 11 is 0. The van der Waals surface area contributed by atoms with E-state index in [2.05, 4.69) is 15.9 Å². The molecule has 28 heavy (non-hydrogen) atoms. The first-order chi connectivity index (χ1) is 13.6. The number of rotatable bonds is 8. The minimum atomic E-state index is -0.644. The SMILES string of the molecule is C#CCOC[C@H](O)CN1CCc2nc(Cc3cccc(OC)c3)[nH]c(=O)c2C1. The van der Waals surface area contributed by atoms with Crippen molar-refractivity contribution < 1.29 is 14.6 Å². The molecule has 148 valence electrons. The predicted octanol–water partition coefficient (Wildman–Crippen LogP) is 0.738. The first-order valence-electron chi connectivity index (χ1n) is 9.24. The average molecular weight is 383 g/mol. The van der Waals surface area contributed by atoms with Crippen molar-refractivity contribution in [2.24, 2.45) is 0 Å². The molecule has 1 aromatic heterocycles. The van der Waals surface area contributed by atoms with Crippen LogP contribution in [0.15, 0.2) is 29.1 Å². The molecule has 0 spiro atoms. The van der Waals surface area contributed by atoms with Crippen molar-refractivity contribution in [3.05, 3.63) is 57.3 Å². The van der Waals surface area contributed by atoms with E-state index in [1.807, 2.05) is 29.2 Å².